The first-order valence-electron chi connectivity index (χ1n) is 8.77. The fourth-order valence-corrected chi connectivity index (χ4v) is 3.16. The number of hydrogen-bond acceptors (Lipinski definition) is 3. The molecule has 2 aliphatic rings. The second kappa shape index (κ2) is 7.96. The van der Waals surface area contributed by atoms with Crippen molar-refractivity contribution in [2.75, 3.05) is 31.1 Å². The number of amides is 3. The third-order valence-electron chi connectivity index (χ3n) is 4.58. The third-order valence-corrected chi connectivity index (χ3v) is 4.58. The van der Waals surface area contributed by atoms with E-state index in [0.29, 0.717) is 6.42 Å². The van der Waals surface area contributed by atoms with Gasteiger partial charge in [0.05, 0.1) is 6.54 Å². The lowest BCUT2D eigenvalue weighted by Crippen LogP contribution is -2.38. The van der Waals surface area contributed by atoms with Gasteiger partial charge in [0.25, 0.3) is 0 Å². The average molecular weight is 341 g/mol. The molecule has 25 heavy (non-hydrogen) atoms. The molecule has 1 aromatic rings. The summed E-state index contributed by atoms with van der Waals surface area (Å²) in [6, 6.07) is 7.52. The quantitative estimate of drug-likeness (QED) is 0.827. The van der Waals surface area contributed by atoms with Crippen molar-refractivity contribution in [3.63, 3.8) is 0 Å². The van der Waals surface area contributed by atoms with Crippen LogP contribution in [0.4, 0.5) is 5.69 Å². The van der Waals surface area contributed by atoms with E-state index in [0.717, 1.165) is 50.1 Å². The van der Waals surface area contributed by atoms with Crippen LogP contribution in [-0.4, -0.2) is 48.8 Å². The maximum Gasteiger partial charge on any atom is 0.244 e. The predicted octanol–water partition coefficient (Wildman–Crippen LogP) is 1.57. The number of hydrogen-bond donors (Lipinski definition) is 1. The van der Waals surface area contributed by atoms with Gasteiger partial charge in [-0.15, -0.1) is 0 Å². The van der Waals surface area contributed by atoms with Crippen molar-refractivity contribution >= 4 is 29.5 Å². The van der Waals surface area contributed by atoms with Gasteiger partial charge in [-0.1, -0.05) is 12.1 Å². The van der Waals surface area contributed by atoms with Crippen LogP contribution < -0.4 is 10.2 Å². The van der Waals surface area contributed by atoms with Gasteiger partial charge in [0, 0.05) is 37.8 Å². The summed E-state index contributed by atoms with van der Waals surface area (Å²) in [6.45, 7) is 2.38. The molecule has 0 aromatic heterocycles. The summed E-state index contributed by atoms with van der Waals surface area (Å²) in [5, 5.41) is 2.62. The Balaban J connectivity index is 1.48. The van der Waals surface area contributed by atoms with Crippen LogP contribution in [0.2, 0.25) is 0 Å². The lowest BCUT2D eigenvalue weighted by molar-refractivity contribution is -0.131. The highest BCUT2D eigenvalue weighted by atomic mass is 16.2. The molecule has 0 atom stereocenters. The molecule has 0 unspecified atom stereocenters. The number of rotatable bonds is 5. The largest absolute Gasteiger partial charge is 0.343 e. The molecule has 2 saturated heterocycles. The third kappa shape index (κ3) is 4.47. The van der Waals surface area contributed by atoms with Crippen LogP contribution in [0.1, 0.15) is 31.2 Å². The first-order chi connectivity index (χ1) is 12.1. The zero-order valence-corrected chi connectivity index (χ0v) is 14.2. The highest BCUT2D eigenvalue weighted by molar-refractivity contribution is 5.96. The van der Waals surface area contributed by atoms with Crippen molar-refractivity contribution in [1.29, 1.82) is 0 Å². The van der Waals surface area contributed by atoms with Gasteiger partial charge in [0.1, 0.15) is 0 Å². The van der Waals surface area contributed by atoms with E-state index in [2.05, 4.69) is 5.32 Å². The smallest absolute Gasteiger partial charge is 0.244 e. The Morgan fingerprint density at radius 2 is 1.76 bits per heavy atom. The minimum Gasteiger partial charge on any atom is -0.343 e. The zero-order chi connectivity index (χ0) is 17.6. The Bertz CT molecular complexity index is 676. The SMILES string of the molecule is O=C(/C=C/c1ccc(N2CCCC2=O)cc1)NCC(=O)N1CCCC1. The predicted molar refractivity (Wildman–Crippen MR) is 95.9 cm³/mol. The molecule has 132 valence electrons. The molecule has 0 saturated carbocycles. The molecule has 6 nitrogen and oxygen atoms in total. The summed E-state index contributed by atoms with van der Waals surface area (Å²) in [5.41, 5.74) is 1.76. The van der Waals surface area contributed by atoms with Crippen LogP contribution in [0.3, 0.4) is 0 Å². The summed E-state index contributed by atoms with van der Waals surface area (Å²) in [7, 11) is 0. The molecule has 1 N–H and O–H groups in total. The van der Waals surface area contributed by atoms with E-state index >= 15 is 0 Å². The maximum atomic E-state index is 11.9. The fourth-order valence-electron chi connectivity index (χ4n) is 3.16. The van der Waals surface area contributed by atoms with Crippen LogP contribution in [0.25, 0.3) is 6.08 Å². The Labute approximate surface area is 147 Å². The first kappa shape index (κ1) is 17.2. The lowest BCUT2D eigenvalue weighted by Gasteiger charge is -2.15. The Morgan fingerprint density at radius 1 is 1.04 bits per heavy atom. The number of nitrogens with zero attached hydrogens (tertiary/aromatic N) is 2. The standard InChI is InChI=1S/C19H23N3O3/c23-17(20-14-19(25)21-11-1-2-12-21)10-7-15-5-8-16(9-6-15)22-13-3-4-18(22)24/h5-10H,1-4,11-14H2,(H,20,23)/b10-7+. The summed E-state index contributed by atoms with van der Waals surface area (Å²) >= 11 is 0. The first-order valence-corrected chi connectivity index (χ1v) is 8.77. The number of carbonyl (C=O) groups is 3. The van der Waals surface area contributed by atoms with Gasteiger partial charge in [0.2, 0.25) is 17.7 Å². The minimum atomic E-state index is -0.286. The monoisotopic (exact) mass is 341 g/mol. The van der Waals surface area contributed by atoms with Crippen molar-refractivity contribution in [3.05, 3.63) is 35.9 Å². The van der Waals surface area contributed by atoms with Crippen molar-refractivity contribution in [2.24, 2.45) is 0 Å². The van der Waals surface area contributed by atoms with Crippen LogP contribution in [0.5, 0.6) is 0 Å². The molecule has 2 fully saturated rings. The molecule has 2 heterocycles. The Hall–Kier alpha value is -2.63. The van der Waals surface area contributed by atoms with Gasteiger partial charge < -0.3 is 15.1 Å². The molecule has 0 aliphatic carbocycles. The van der Waals surface area contributed by atoms with Crippen LogP contribution in [0, 0.1) is 0 Å². The van der Waals surface area contributed by atoms with E-state index < -0.39 is 0 Å². The van der Waals surface area contributed by atoms with Gasteiger partial charge in [-0.25, -0.2) is 0 Å². The molecule has 3 rings (SSSR count). The Morgan fingerprint density at radius 3 is 2.40 bits per heavy atom. The molecular weight excluding hydrogens is 318 g/mol. The van der Waals surface area contributed by atoms with Crippen LogP contribution in [0.15, 0.2) is 30.3 Å². The molecular formula is C19H23N3O3. The Kier molecular flexibility index (Phi) is 5.48. The van der Waals surface area contributed by atoms with Crippen LogP contribution in [-0.2, 0) is 14.4 Å². The van der Waals surface area contributed by atoms with E-state index in [-0.39, 0.29) is 24.3 Å². The summed E-state index contributed by atoms with van der Waals surface area (Å²) in [4.78, 5) is 39.0. The van der Waals surface area contributed by atoms with Gasteiger partial charge in [-0.2, -0.15) is 0 Å². The second-order valence-electron chi connectivity index (χ2n) is 6.38. The average Bonchev–Trinajstić information content (AvgIpc) is 3.30. The second-order valence-corrected chi connectivity index (χ2v) is 6.38. The summed E-state index contributed by atoms with van der Waals surface area (Å²) < 4.78 is 0. The van der Waals surface area contributed by atoms with E-state index in [9.17, 15) is 14.4 Å². The van der Waals surface area contributed by atoms with Gasteiger partial charge in [-0.3, -0.25) is 14.4 Å². The highest BCUT2D eigenvalue weighted by Gasteiger charge is 2.21. The summed E-state index contributed by atoms with van der Waals surface area (Å²) in [5.74, 6) is -0.157. The molecule has 2 aliphatic heterocycles. The minimum absolute atomic E-state index is 0.0288. The normalized spacial score (nSPS) is 17.5. The molecule has 0 bridgehead atoms. The van der Waals surface area contributed by atoms with Crippen molar-refractivity contribution in [2.45, 2.75) is 25.7 Å². The van der Waals surface area contributed by atoms with E-state index in [1.807, 2.05) is 24.3 Å². The zero-order valence-electron chi connectivity index (χ0n) is 14.2. The molecule has 0 radical (unpaired) electrons. The van der Waals surface area contributed by atoms with Crippen molar-refractivity contribution in [1.82, 2.24) is 10.2 Å². The van der Waals surface area contributed by atoms with Crippen molar-refractivity contribution < 1.29 is 14.4 Å². The van der Waals surface area contributed by atoms with Gasteiger partial charge in [-0.05, 0) is 43.0 Å². The molecule has 3 amide bonds. The number of benzene rings is 1. The highest BCUT2D eigenvalue weighted by Crippen LogP contribution is 2.21. The summed E-state index contributed by atoms with van der Waals surface area (Å²) in [6.07, 6.45) is 6.71. The van der Waals surface area contributed by atoms with Gasteiger partial charge in [0.15, 0.2) is 0 Å². The maximum absolute atomic E-state index is 11.9. The number of anilines is 1. The van der Waals surface area contributed by atoms with Gasteiger partial charge >= 0.3 is 0 Å². The molecule has 6 heteroatoms. The fraction of sp³-hybridized carbons (Fsp3) is 0.421. The lowest BCUT2D eigenvalue weighted by atomic mass is 10.2. The van der Waals surface area contributed by atoms with E-state index in [4.69, 9.17) is 0 Å². The van der Waals surface area contributed by atoms with E-state index in [1.54, 1.807) is 15.9 Å². The molecule has 1 aromatic carbocycles. The van der Waals surface area contributed by atoms with E-state index in [1.165, 1.54) is 6.08 Å². The van der Waals surface area contributed by atoms with Crippen LogP contribution >= 0.6 is 0 Å². The number of likely N-dealkylation sites (tertiary alicyclic amines) is 1. The number of carbonyl (C=O) groups excluding carboxylic acids is 3. The molecule has 0 spiro atoms. The van der Waals surface area contributed by atoms with Crippen molar-refractivity contribution in [3.8, 4) is 0 Å². The topological polar surface area (TPSA) is 69.7 Å². The number of nitrogens with one attached hydrogen (secondary N) is 1.